The molecule has 12 heavy (non-hydrogen) atoms. The van der Waals surface area contributed by atoms with Crippen LogP contribution in [0, 0.1) is 0 Å². The first-order valence-electron chi connectivity index (χ1n) is 3.87. The fraction of sp³-hybridized carbons (Fsp3) is 0.714. The van der Waals surface area contributed by atoms with E-state index in [9.17, 15) is 4.79 Å². The molecule has 68 valence electrons. The van der Waals surface area contributed by atoms with Gasteiger partial charge in [-0.1, -0.05) is 0 Å². The highest BCUT2D eigenvalue weighted by atomic mass is 16.5. The van der Waals surface area contributed by atoms with Crippen LogP contribution in [0.4, 0.5) is 0 Å². The van der Waals surface area contributed by atoms with Crippen molar-refractivity contribution in [2.45, 2.75) is 12.8 Å². The summed E-state index contributed by atoms with van der Waals surface area (Å²) >= 11 is 0. The van der Waals surface area contributed by atoms with Gasteiger partial charge in [0.1, 0.15) is 6.54 Å². The number of carboxylic acid groups (broad SMARTS) is 1. The lowest BCUT2D eigenvalue weighted by atomic mass is 10.2. The van der Waals surface area contributed by atoms with Gasteiger partial charge in [0.15, 0.2) is 0 Å². The Bertz CT molecular complexity index is 183. The maximum absolute atomic E-state index is 10.1. The SMILES string of the molecule is O=C(O)CNN=C1CCOCC1. The molecule has 1 aliphatic heterocycles. The average molecular weight is 172 g/mol. The van der Waals surface area contributed by atoms with Crippen LogP contribution in [0.25, 0.3) is 0 Å². The highest BCUT2D eigenvalue weighted by Gasteiger charge is 2.06. The van der Waals surface area contributed by atoms with E-state index < -0.39 is 5.97 Å². The van der Waals surface area contributed by atoms with Gasteiger partial charge < -0.3 is 9.84 Å². The minimum atomic E-state index is -0.897. The molecule has 2 N–H and O–H groups in total. The molecule has 1 aliphatic rings. The van der Waals surface area contributed by atoms with E-state index in [1.54, 1.807) is 0 Å². The first-order valence-corrected chi connectivity index (χ1v) is 3.87. The number of hydrazone groups is 1. The second kappa shape index (κ2) is 4.71. The third-order valence-electron chi connectivity index (χ3n) is 1.54. The summed E-state index contributed by atoms with van der Waals surface area (Å²) in [6.07, 6.45) is 1.60. The Balaban J connectivity index is 2.20. The Hall–Kier alpha value is -1.10. The molecule has 0 atom stereocenters. The minimum Gasteiger partial charge on any atom is -0.480 e. The van der Waals surface area contributed by atoms with Gasteiger partial charge in [0, 0.05) is 18.6 Å². The highest BCUT2D eigenvalue weighted by Crippen LogP contribution is 2.01. The molecule has 0 aromatic heterocycles. The van der Waals surface area contributed by atoms with E-state index in [0.29, 0.717) is 13.2 Å². The van der Waals surface area contributed by atoms with Crippen LogP contribution in [0.3, 0.4) is 0 Å². The quantitative estimate of drug-likeness (QED) is 0.580. The molecule has 1 rings (SSSR count). The van der Waals surface area contributed by atoms with Crippen molar-refractivity contribution in [1.29, 1.82) is 0 Å². The van der Waals surface area contributed by atoms with Gasteiger partial charge >= 0.3 is 5.97 Å². The zero-order valence-electron chi connectivity index (χ0n) is 6.75. The average Bonchev–Trinajstić information content (AvgIpc) is 2.05. The molecule has 0 aromatic carbocycles. The number of rotatable bonds is 3. The van der Waals surface area contributed by atoms with E-state index in [0.717, 1.165) is 18.6 Å². The zero-order valence-corrected chi connectivity index (χ0v) is 6.75. The predicted octanol–water partition coefficient (Wildman–Crippen LogP) is -0.173. The normalized spacial score (nSPS) is 17.2. The molecule has 0 amide bonds. The molecule has 0 radical (unpaired) electrons. The molecule has 1 fully saturated rings. The molecule has 1 heterocycles. The Morgan fingerprint density at radius 3 is 2.83 bits per heavy atom. The third kappa shape index (κ3) is 3.34. The minimum absolute atomic E-state index is 0.121. The summed E-state index contributed by atoms with van der Waals surface area (Å²) in [5, 5.41) is 12.2. The standard InChI is InChI=1S/C7H12N2O3/c10-7(11)5-8-9-6-1-3-12-4-2-6/h8H,1-5H2,(H,10,11). The maximum atomic E-state index is 10.1. The van der Waals surface area contributed by atoms with Gasteiger partial charge in [-0.15, -0.1) is 0 Å². The van der Waals surface area contributed by atoms with Gasteiger partial charge in [0.05, 0.1) is 13.2 Å². The van der Waals surface area contributed by atoms with Gasteiger partial charge in [0.25, 0.3) is 0 Å². The highest BCUT2D eigenvalue weighted by molar-refractivity contribution is 5.85. The number of hydrogen-bond acceptors (Lipinski definition) is 4. The number of hydrogen-bond donors (Lipinski definition) is 2. The summed E-state index contributed by atoms with van der Waals surface area (Å²) in [5.41, 5.74) is 3.48. The largest absolute Gasteiger partial charge is 0.480 e. The lowest BCUT2D eigenvalue weighted by Crippen LogP contribution is -2.22. The monoisotopic (exact) mass is 172 g/mol. The molecule has 0 unspecified atom stereocenters. The van der Waals surface area contributed by atoms with Crippen LogP contribution < -0.4 is 5.43 Å². The van der Waals surface area contributed by atoms with Crippen LogP contribution in [-0.2, 0) is 9.53 Å². The molecule has 1 saturated heterocycles. The Morgan fingerprint density at radius 2 is 2.25 bits per heavy atom. The van der Waals surface area contributed by atoms with E-state index in [1.165, 1.54) is 0 Å². The van der Waals surface area contributed by atoms with E-state index in [4.69, 9.17) is 9.84 Å². The topological polar surface area (TPSA) is 70.9 Å². The second-order valence-corrected chi connectivity index (χ2v) is 2.52. The molecule has 0 spiro atoms. The number of aliphatic carboxylic acids is 1. The maximum Gasteiger partial charge on any atom is 0.324 e. The molecule has 0 aromatic rings. The van der Waals surface area contributed by atoms with Crippen molar-refractivity contribution in [2.75, 3.05) is 19.8 Å². The fourth-order valence-electron chi connectivity index (χ4n) is 0.938. The number of carboxylic acids is 1. The number of ether oxygens (including phenoxy) is 1. The number of nitrogens with one attached hydrogen (secondary N) is 1. The van der Waals surface area contributed by atoms with E-state index >= 15 is 0 Å². The van der Waals surface area contributed by atoms with Gasteiger partial charge in [-0.2, -0.15) is 5.10 Å². The number of carbonyl (C=O) groups is 1. The summed E-state index contributed by atoms with van der Waals surface area (Å²) in [6.45, 7) is 1.26. The summed E-state index contributed by atoms with van der Waals surface area (Å²) in [7, 11) is 0. The van der Waals surface area contributed by atoms with Crippen molar-refractivity contribution in [1.82, 2.24) is 5.43 Å². The Kier molecular flexibility index (Phi) is 3.53. The van der Waals surface area contributed by atoms with Crippen molar-refractivity contribution >= 4 is 11.7 Å². The molecule has 5 heteroatoms. The van der Waals surface area contributed by atoms with Crippen molar-refractivity contribution in [3.8, 4) is 0 Å². The third-order valence-corrected chi connectivity index (χ3v) is 1.54. The summed E-state index contributed by atoms with van der Waals surface area (Å²) in [4.78, 5) is 10.1. The lowest BCUT2D eigenvalue weighted by molar-refractivity contribution is -0.135. The predicted molar refractivity (Wildman–Crippen MR) is 43.1 cm³/mol. The molecule has 5 nitrogen and oxygen atoms in total. The Morgan fingerprint density at radius 1 is 1.58 bits per heavy atom. The smallest absolute Gasteiger partial charge is 0.324 e. The summed E-state index contributed by atoms with van der Waals surface area (Å²) < 4.78 is 5.10. The second-order valence-electron chi connectivity index (χ2n) is 2.52. The van der Waals surface area contributed by atoms with Crippen LogP contribution in [0.5, 0.6) is 0 Å². The van der Waals surface area contributed by atoms with Crippen molar-refractivity contribution in [3.63, 3.8) is 0 Å². The van der Waals surface area contributed by atoms with Gasteiger partial charge in [-0.05, 0) is 0 Å². The first kappa shape index (κ1) is 8.99. The van der Waals surface area contributed by atoms with Gasteiger partial charge in [-0.3, -0.25) is 10.2 Å². The van der Waals surface area contributed by atoms with E-state index in [-0.39, 0.29) is 6.54 Å². The molecular formula is C7H12N2O3. The van der Waals surface area contributed by atoms with Crippen LogP contribution in [0.2, 0.25) is 0 Å². The molecular weight excluding hydrogens is 160 g/mol. The summed E-state index contributed by atoms with van der Waals surface area (Å²) in [6, 6.07) is 0. The van der Waals surface area contributed by atoms with Gasteiger partial charge in [-0.25, -0.2) is 0 Å². The van der Waals surface area contributed by atoms with Crippen LogP contribution in [0.15, 0.2) is 5.10 Å². The van der Waals surface area contributed by atoms with Crippen molar-refractivity contribution in [2.24, 2.45) is 5.10 Å². The van der Waals surface area contributed by atoms with E-state index in [1.807, 2.05) is 0 Å². The van der Waals surface area contributed by atoms with Gasteiger partial charge in [0.2, 0.25) is 0 Å². The van der Waals surface area contributed by atoms with Crippen molar-refractivity contribution in [3.05, 3.63) is 0 Å². The fourth-order valence-corrected chi connectivity index (χ4v) is 0.938. The van der Waals surface area contributed by atoms with E-state index in [2.05, 4.69) is 10.5 Å². The first-order chi connectivity index (χ1) is 5.79. The van der Waals surface area contributed by atoms with Crippen LogP contribution in [0.1, 0.15) is 12.8 Å². The Labute approximate surface area is 70.4 Å². The summed E-state index contributed by atoms with van der Waals surface area (Å²) in [5.74, 6) is -0.897. The lowest BCUT2D eigenvalue weighted by Gasteiger charge is -2.12. The van der Waals surface area contributed by atoms with Crippen LogP contribution >= 0.6 is 0 Å². The molecule has 0 aliphatic carbocycles. The number of nitrogens with zero attached hydrogens (tertiary/aromatic N) is 1. The van der Waals surface area contributed by atoms with Crippen LogP contribution in [-0.4, -0.2) is 36.5 Å². The molecule has 0 bridgehead atoms. The van der Waals surface area contributed by atoms with Crippen molar-refractivity contribution < 1.29 is 14.6 Å². The molecule has 0 saturated carbocycles. The zero-order chi connectivity index (χ0) is 8.81.